The van der Waals surface area contributed by atoms with Crippen molar-refractivity contribution in [1.29, 1.82) is 0 Å². The predicted molar refractivity (Wildman–Crippen MR) is 151 cm³/mol. The van der Waals surface area contributed by atoms with Gasteiger partial charge in [0.25, 0.3) is 6.43 Å². The molecule has 12 nitrogen and oxygen atoms in total. The lowest BCUT2D eigenvalue weighted by atomic mass is 10.1. The summed E-state index contributed by atoms with van der Waals surface area (Å²) < 4.78 is 48.6. The summed E-state index contributed by atoms with van der Waals surface area (Å²) in [5.74, 6) is 0.527. The van der Waals surface area contributed by atoms with Crippen molar-refractivity contribution in [3.8, 4) is 11.7 Å². The summed E-state index contributed by atoms with van der Waals surface area (Å²) in [5.41, 5.74) is 1.25. The Hall–Kier alpha value is -4.07. The molecule has 0 bridgehead atoms. The van der Waals surface area contributed by atoms with E-state index in [1.54, 1.807) is 29.4 Å². The maximum absolute atomic E-state index is 14.4. The minimum atomic E-state index is -2.88. The molecule has 2 fully saturated rings. The van der Waals surface area contributed by atoms with Crippen LogP contribution in [-0.4, -0.2) is 92.2 Å². The second-order valence-electron chi connectivity index (χ2n) is 11.4. The molecule has 1 aromatic carbocycles. The van der Waals surface area contributed by atoms with Crippen LogP contribution in [0.3, 0.4) is 0 Å². The molecule has 0 atom stereocenters. The van der Waals surface area contributed by atoms with Gasteiger partial charge in [-0.2, -0.15) is 9.97 Å². The lowest BCUT2D eigenvalue weighted by molar-refractivity contribution is 0.0189. The number of fused-ring (bicyclic) bond motifs is 2. The van der Waals surface area contributed by atoms with Gasteiger partial charge in [-0.1, -0.05) is 6.07 Å². The molecule has 14 heteroatoms. The van der Waals surface area contributed by atoms with E-state index in [0.717, 1.165) is 0 Å². The number of benzene rings is 1. The van der Waals surface area contributed by atoms with E-state index in [1.165, 1.54) is 11.7 Å². The summed E-state index contributed by atoms with van der Waals surface area (Å²) in [7, 11) is 1.47. The highest BCUT2D eigenvalue weighted by Crippen LogP contribution is 2.35. The first-order chi connectivity index (χ1) is 20.1. The summed E-state index contributed by atoms with van der Waals surface area (Å²) >= 11 is 0. The average Bonchev–Trinajstić information content (AvgIpc) is 3.58. The van der Waals surface area contributed by atoms with E-state index in [-0.39, 0.29) is 18.1 Å². The fourth-order valence-corrected chi connectivity index (χ4v) is 5.52. The molecule has 224 valence electrons. The molecule has 6 rings (SSSR count). The molecule has 0 unspecified atom stereocenters. The Kier molecular flexibility index (Phi) is 7.33. The third-order valence-corrected chi connectivity index (χ3v) is 7.50. The van der Waals surface area contributed by atoms with Crippen LogP contribution in [-0.2, 0) is 9.47 Å². The minimum Gasteiger partial charge on any atom is -0.494 e. The maximum atomic E-state index is 14.4. The number of morpholine rings is 1. The van der Waals surface area contributed by atoms with Crippen LogP contribution in [0.4, 0.5) is 19.4 Å². The topological polar surface area (TPSA) is 113 Å². The van der Waals surface area contributed by atoms with Crippen molar-refractivity contribution < 1.29 is 27.8 Å². The van der Waals surface area contributed by atoms with E-state index in [2.05, 4.69) is 4.98 Å². The lowest BCUT2D eigenvalue weighted by Gasteiger charge is -2.34. The fraction of sp³-hybridized carbons (Fsp3) is 0.536. The number of rotatable bonds is 5. The van der Waals surface area contributed by atoms with Crippen molar-refractivity contribution in [2.24, 2.45) is 0 Å². The third-order valence-electron chi connectivity index (χ3n) is 7.50. The molecule has 0 saturated carbocycles. The number of hydrogen-bond donors (Lipinski definition) is 0. The largest absolute Gasteiger partial charge is 0.494 e. The summed E-state index contributed by atoms with van der Waals surface area (Å²) in [6.45, 7) is 8.73. The molecule has 2 aliphatic heterocycles. The number of likely N-dealkylation sites (tertiary alicyclic amines) is 1. The van der Waals surface area contributed by atoms with Crippen LogP contribution in [0.5, 0.6) is 5.75 Å². The predicted octanol–water partition coefficient (Wildman–Crippen LogP) is 4.52. The van der Waals surface area contributed by atoms with E-state index in [1.807, 2.05) is 30.2 Å². The Bertz CT molecular complexity index is 1600. The molecule has 5 heterocycles. The number of imidazole rings is 2. The van der Waals surface area contributed by atoms with Gasteiger partial charge in [-0.25, -0.2) is 23.5 Å². The smallest absolute Gasteiger partial charge is 0.410 e. The standard InChI is InChI=1S/C28H34F2N8O4/c1-28(2,3)42-27(39)36-10-8-17(9-11-36)37-16-31-21-23(35-12-14-41-15-13-35)33-26(34-24(21)37)38-18-6-5-7-19(40-4)20(18)32-25(38)22(29)30/h5-7,16-17,22H,8-15H2,1-4H3. The summed E-state index contributed by atoms with van der Waals surface area (Å²) in [6, 6.07) is 5.08. The van der Waals surface area contributed by atoms with Gasteiger partial charge in [0.15, 0.2) is 22.8 Å². The van der Waals surface area contributed by atoms with Crippen LogP contribution in [0.25, 0.3) is 28.1 Å². The highest BCUT2D eigenvalue weighted by atomic mass is 19.3. The van der Waals surface area contributed by atoms with Gasteiger partial charge in [0.05, 0.1) is 32.2 Å². The zero-order valence-electron chi connectivity index (χ0n) is 24.1. The summed E-state index contributed by atoms with van der Waals surface area (Å²) in [5, 5.41) is 0. The molecule has 1 amide bonds. The molecular formula is C28H34F2N8O4. The third kappa shape index (κ3) is 5.19. The van der Waals surface area contributed by atoms with Crippen molar-refractivity contribution in [3.63, 3.8) is 0 Å². The van der Waals surface area contributed by atoms with Crippen molar-refractivity contribution >= 4 is 34.1 Å². The Morgan fingerprint density at radius 1 is 1.05 bits per heavy atom. The van der Waals surface area contributed by atoms with Gasteiger partial charge in [-0.15, -0.1) is 0 Å². The van der Waals surface area contributed by atoms with Crippen LogP contribution in [0.15, 0.2) is 24.5 Å². The van der Waals surface area contributed by atoms with Crippen LogP contribution in [0, 0.1) is 0 Å². The number of carbonyl (C=O) groups is 1. The van der Waals surface area contributed by atoms with Gasteiger partial charge in [-0.05, 0) is 45.7 Å². The number of methoxy groups -OCH3 is 1. The SMILES string of the molecule is COc1cccc2c1nc(C(F)F)n2-c1nc(N2CCOCC2)c2ncn(C3CCN(C(=O)OC(C)(C)C)CC3)c2n1. The Balaban J connectivity index is 1.44. The molecule has 0 aliphatic carbocycles. The number of carbonyl (C=O) groups excluding carboxylic acids is 1. The second kappa shape index (κ2) is 11.0. The normalized spacial score (nSPS) is 17.0. The van der Waals surface area contributed by atoms with Crippen LogP contribution < -0.4 is 9.64 Å². The number of aromatic nitrogens is 6. The molecule has 2 saturated heterocycles. The van der Waals surface area contributed by atoms with Gasteiger partial charge in [0.1, 0.15) is 16.9 Å². The van der Waals surface area contributed by atoms with Crippen LogP contribution in [0.2, 0.25) is 0 Å². The van der Waals surface area contributed by atoms with Gasteiger partial charge in [0, 0.05) is 32.2 Å². The zero-order valence-corrected chi connectivity index (χ0v) is 24.1. The van der Waals surface area contributed by atoms with E-state index in [9.17, 15) is 13.6 Å². The molecule has 3 aromatic heterocycles. The number of amides is 1. The number of anilines is 1. The first-order valence-electron chi connectivity index (χ1n) is 14.0. The number of ether oxygens (including phenoxy) is 3. The quantitative estimate of drug-likeness (QED) is 0.334. The molecule has 0 radical (unpaired) electrons. The van der Waals surface area contributed by atoms with E-state index < -0.39 is 17.9 Å². The van der Waals surface area contributed by atoms with Gasteiger partial charge < -0.3 is 28.6 Å². The van der Waals surface area contributed by atoms with Gasteiger partial charge in [0.2, 0.25) is 5.95 Å². The van der Waals surface area contributed by atoms with Crippen molar-refractivity contribution in [1.82, 2.24) is 34.0 Å². The lowest BCUT2D eigenvalue weighted by Crippen LogP contribution is -2.42. The summed E-state index contributed by atoms with van der Waals surface area (Å²) in [6.07, 6.45) is -0.174. The Morgan fingerprint density at radius 3 is 2.45 bits per heavy atom. The Labute approximate surface area is 241 Å². The van der Waals surface area contributed by atoms with E-state index in [0.29, 0.717) is 86.0 Å². The molecule has 0 N–H and O–H groups in total. The number of halogens is 2. The van der Waals surface area contributed by atoms with Crippen molar-refractivity contribution in [3.05, 3.63) is 30.4 Å². The average molecular weight is 585 g/mol. The van der Waals surface area contributed by atoms with Crippen LogP contribution >= 0.6 is 0 Å². The molecule has 42 heavy (non-hydrogen) atoms. The van der Waals surface area contributed by atoms with Gasteiger partial charge >= 0.3 is 6.09 Å². The van der Waals surface area contributed by atoms with Crippen LogP contribution in [0.1, 0.15) is 51.9 Å². The molecular weight excluding hydrogens is 550 g/mol. The highest BCUT2D eigenvalue weighted by Gasteiger charge is 2.31. The molecule has 2 aliphatic rings. The first-order valence-corrected chi connectivity index (χ1v) is 14.0. The highest BCUT2D eigenvalue weighted by molar-refractivity contribution is 5.87. The van der Waals surface area contributed by atoms with E-state index >= 15 is 0 Å². The number of alkyl halides is 2. The minimum absolute atomic E-state index is 0.0110. The first kappa shape index (κ1) is 28.1. The summed E-state index contributed by atoms with van der Waals surface area (Å²) in [4.78, 5) is 34.9. The van der Waals surface area contributed by atoms with E-state index in [4.69, 9.17) is 29.2 Å². The second-order valence-corrected chi connectivity index (χ2v) is 11.4. The monoisotopic (exact) mass is 584 g/mol. The number of para-hydroxylation sites is 1. The van der Waals surface area contributed by atoms with Crippen molar-refractivity contribution in [2.45, 2.75) is 51.7 Å². The zero-order chi connectivity index (χ0) is 29.6. The maximum Gasteiger partial charge on any atom is 0.410 e. The van der Waals surface area contributed by atoms with Gasteiger partial charge in [-0.3, -0.25) is 4.57 Å². The fourth-order valence-electron chi connectivity index (χ4n) is 5.52. The van der Waals surface area contributed by atoms with Crippen molar-refractivity contribution in [2.75, 3.05) is 51.4 Å². The Morgan fingerprint density at radius 2 is 1.79 bits per heavy atom. The molecule has 0 spiro atoms. The number of nitrogens with zero attached hydrogens (tertiary/aromatic N) is 8. The molecule has 4 aromatic rings. The number of piperidine rings is 1. The number of hydrogen-bond acceptors (Lipinski definition) is 9.